The number of fused-ring (bicyclic) bond motifs is 3. The van der Waals surface area contributed by atoms with Crippen molar-refractivity contribution >= 4 is 22.2 Å². The Labute approximate surface area is 174 Å². The smallest absolute Gasteiger partial charge is 0.439 e. The van der Waals surface area contributed by atoms with Gasteiger partial charge in [0, 0.05) is 16.5 Å². The molecule has 1 N–H and O–H groups in total. The minimum Gasteiger partial charge on any atom is -0.497 e. The fourth-order valence-electron chi connectivity index (χ4n) is 4.00. The van der Waals surface area contributed by atoms with Gasteiger partial charge in [0.05, 0.1) is 24.4 Å². The zero-order chi connectivity index (χ0) is 21.1. The van der Waals surface area contributed by atoms with Crippen molar-refractivity contribution in [3.8, 4) is 17.0 Å². The Morgan fingerprint density at radius 1 is 1.17 bits per heavy atom. The number of hydrazone groups is 1. The Bertz CT molecular complexity index is 1140. The van der Waals surface area contributed by atoms with Crippen LogP contribution >= 0.6 is 11.3 Å². The average Bonchev–Trinajstić information content (AvgIpc) is 3.42. The van der Waals surface area contributed by atoms with E-state index in [1.54, 1.807) is 61.0 Å². The molecule has 2 atom stereocenters. The van der Waals surface area contributed by atoms with Gasteiger partial charge in [0.25, 0.3) is 5.72 Å². The van der Waals surface area contributed by atoms with Gasteiger partial charge in [-0.3, -0.25) is 0 Å². The summed E-state index contributed by atoms with van der Waals surface area (Å²) < 4.78 is 47.6. The van der Waals surface area contributed by atoms with Crippen molar-refractivity contribution in [1.29, 1.82) is 0 Å². The van der Waals surface area contributed by atoms with Gasteiger partial charge >= 0.3 is 6.18 Å². The highest BCUT2D eigenvalue weighted by Gasteiger charge is 2.69. The molecule has 2 aromatic carbocycles. The monoisotopic (exact) mass is 431 g/mol. The molecule has 2 heterocycles. The van der Waals surface area contributed by atoms with E-state index >= 15 is 0 Å². The Morgan fingerprint density at radius 3 is 2.60 bits per heavy atom. The number of rotatable bonds is 3. The summed E-state index contributed by atoms with van der Waals surface area (Å²) in [4.78, 5) is 4.35. The molecular weight excluding hydrogens is 415 g/mol. The van der Waals surface area contributed by atoms with Crippen molar-refractivity contribution in [2.45, 2.75) is 18.3 Å². The van der Waals surface area contributed by atoms with Gasteiger partial charge in [-0.2, -0.15) is 23.3 Å². The molecule has 154 valence electrons. The molecule has 2 aliphatic rings. The highest BCUT2D eigenvalue weighted by atomic mass is 32.1. The van der Waals surface area contributed by atoms with E-state index in [0.717, 1.165) is 22.5 Å². The number of hydrogen-bond donors (Lipinski definition) is 1. The Hall–Kier alpha value is -2.91. The van der Waals surface area contributed by atoms with Crippen LogP contribution in [0.3, 0.4) is 0 Å². The molecule has 0 spiro atoms. The van der Waals surface area contributed by atoms with Gasteiger partial charge in [0.2, 0.25) is 5.13 Å². The molecule has 3 aromatic rings. The highest BCUT2D eigenvalue weighted by molar-refractivity contribution is 7.14. The topological polar surface area (TPSA) is 58.0 Å². The average molecular weight is 431 g/mol. The van der Waals surface area contributed by atoms with Crippen molar-refractivity contribution in [3.05, 3.63) is 65.0 Å². The second-order valence-corrected chi connectivity index (χ2v) is 8.02. The molecule has 30 heavy (non-hydrogen) atoms. The second kappa shape index (κ2) is 6.55. The van der Waals surface area contributed by atoms with Gasteiger partial charge in [0.15, 0.2) is 0 Å². The minimum absolute atomic E-state index is 0.0139. The number of hydrogen-bond acceptors (Lipinski definition) is 6. The van der Waals surface area contributed by atoms with Gasteiger partial charge in [-0.15, -0.1) is 11.3 Å². The van der Waals surface area contributed by atoms with E-state index in [1.807, 2.05) is 0 Å². The molecule has 0 bridgehead atoms. The number of methoxy groups -OCH3 is 1. The predicted molar refractivity (Wildman–Crippen MR) is 108 cm³/mol. The summed E-state index contributed by atoms with van der Waals surface area (Å²) in [7, 11) is 1.55. The summed E-state index contributed by atoms with van der Waals surface area (Å²) in [5, 5.41) is 17.5. The number of aliphatic hydroxyl groups is 1. The zero-order valence-electron chi connectivity index (χ0n) is 15.7. The highest BCUT2D eigenvalue weighted by Crippen LogP contribution is 2.51. The number of thiazole rings is 1. The van der Waals surface area contributed by atoms with Gasteiger partial charge in [-0.25, -0.2) is 4.98 Å². The third kappa shape index (κ3) is 2.65. The molecule has 0 radical (unpaired) electrons. The molecule has 0 amide bonds. The van der Waals surface area contributed by atoms with Crippen LogP contribution in [0, 0.1) is 5.92 Å². The molecule has 0 fully saturated rings. The third-order valence-corrected chi connectivity index (χ3v) is 6.36. The van der Waals surface area contributed by atoms with Crippen LogP contribution in [0.5, 0.6) is 5.75 Å². The first-order chi connectivity index (χ1) is 14.3. The quantitative estimate of drug-likeness (QED) is 0.665. The van der Waals surface area contributed by atoms with E-state index < -0.39 is 17.8 Å². The second-order valence-electron chi connectivity index (χ2n) is 7.18. The Balaban J connectivity index is 1.57. The van der Waals surface area contributed by atoms with Gasteiger partial charge in [0.1, 0.15) is 5.75 Å². The molecule has 5 rings (SSSR count). The largest absolute Gasteiger partial charge is 0.497 e. The van der Waals surface area contributed by atoms with Crippen molar-refractivity contribution in [2.24, 2.45) is 11.0 Å². The number of ether oxygens (including phenoxy) is 1. The van der Waals surface area contributed by atoms with E-state index in [2.05, 4.69) is 10.1 Å². The molecule has 1 aliphatic carbocycles. The SMILES string of the molecule is COc1ccc(-c2csc(N3N=C4c5ccccc5C[C@H]4[C@@]3(O)C(F)(F)F)n2)cc1. The number of benzene rings is 2. The van der Waals surface area contributed by atoms with E-state index in [0.29, 0.717) is 22.0 Å². The Kier molecular flexibility index (Phi) is 4.16. The molecule has 0 unspecified atom stereocenters. The van der Waals surface area contributed by atoms with Crippen LogP contribution in [0.2, 0.25) is 0 Å². The van der Waals surface area contributed by atoms with E-state index in [4.69, 9.17) is 4.74 Å². The summed E-state index contributed by atoms with van der Waals surface area (Å²) in [5.74, 6) is -0.540. The number of alkyl halides is 3. The number of nitrogens with zero attached hydrogens (tertiary/aromatic N) is 3. The summed E-state index contributed by atoms with van der Waals surface area (Å²) in [6.45, 7) is 0. The van der Waals surface area contributed by atoms with Gasteiger partial charge in [-0.05, 0) is 36.2 Å². The summed E-state index contributed by atoms with van der Waals surface area (Å²) in [6.07, 6.45) is -4.85. The van der Waals surface area contributed by atoms with Crippen LogP contribution in [0.15, 0.2) is 59.0 Å². The third-order valence-electron chi connectivity index (χ3n) is 5.54. The lowest BCUT2D eigenvalue weighted by atomic mass is 9.91. The first-order valence-electron chi connectivity index (χ1n) is 9.19. The van der Waals surface area contributed by atoms with Gasteiger partial charge < -0.3 is 9.84 Å². The molecule has 5 nitrogen and oxygen atoms in total. The van der Waals surface area contributed by atoms with Crippen molar-refractivity contribution < 1.29 is 23.0 Å². The molecule has 1 aromatic heterocycles. The molecule has 0 saturated carbocycles. The zero-order valence-corrected chi connectivity index (χ0v) is 16.5. The molecule has 1 aliphatic heterocycles. The van der Waals surface area contributed by atoms with E-state index in [-0.39, 0.29) is 17.3 Å². The van der Waals surface area contributed by atoms with Crippen LogP contribution in [-0.2, 0) is 6.42 Å². The van der Waals surface area contributed by atoms with Crippen LogP contribution < -0.4 is 9.75 Å². The fourth-order valence-corrected chi connectivity index (χ4v) is 4.84. The lowest BCUT2D eigenvalue weighted by molar-refractivity contribution is -0.267. The standard InChI is InChI=1S/C21H16F3N3O2S/c1-29-14-8-6-12(7-9-14)17-11-30-19(25-17)27-20(28,21(22,23)24)16-10-13-4-2-3-5-15(13)18(16)26-27/h2-9,11,16,28H,10H2,1H3/t16-,20-/m1/s1. The number of halogens is 3. The van der Waals surface area contributed by atoms with Crippen LogP contribution in [0.1, 0.15) is 11.1 Å². The first kappa shape index (κ1) is 19.1. The number of anilines is 1. The summed E-state index contributed by atoms with van der Waals surface area (Å²) in [5.41, 5.74) is -0.296. The number of aromatic nitrogens is 1. The molecular formula is C21H16F3N3O2S. The van der Waals surface area contributed by atoms with Crippen molar-refractivity contribution in [3.63, 3.8) is 0 Å². The predicted octanol–water partition coefficient (Wildman–Crippen LogP) is 4.47. The maximum atomic E-state index is 14.2. The first-order valence-corrected chi connectivity index (χ1v) is 10.1. The lowest BCUT2D eigenvalue weighted by Crippen LogP contribution is -2.60. The fraction of sp³-hybridized carbons (Fsp3) is 0.238. The van der Waals surface area contributed by atoms with Crippen LogP contribution in [0.4, 0.5) is 18.3 Å². The Morgan fingerprint density at radius 2 is 1.90 bits per heavy atom. The lowest BCUT2D eigenvalue weighted by Gasteiger charge is -2.36. The maximum Gasteiger partial charge on any atom is 0.439 e. The van der Waals surface area contributed by atoms with E-state index in [1.165, 1.54) is 0 Å². The van der Waals surface area contributed by atoms with Gasteiger partial charge in [-0.1, -0.05) is 24.3 Å². The summed E-state index contributed by atoms with van der Waals surface area (Å²) >= 11 is 1.01. The van der Waals surface area contributed by atoms with Crippen molar-refractivity contribution in [1.82, 2.24) is 4.98 Å². The molecule has 0 saturated heterocycles. The van der Waals surface area contributed by atoms with Crippen molar-refractivity contribution in [2.75, 3.05) is 12.1 Å². The summed E-state index contributed by atoms with van der Waals surface area (Å²) in [6, 6.07) is 14.1. The normalized spacial score (nSPS) is 22.6. The van der Waals surface area contributed by atoms with Crippen LogP contribution in [-0.4, -0.2) is 34.8 Å². The maximum absolute atomic E-state index is 14.2. The van der Waals surface area contributed by atoms with Crippen LogP contribution in [0.25, 0.3) is 11.3 Å². The van der Waals surface area contributed by atoms with E-state index in [9.17, 15) is 18.3 Å². The molecule has 9 heteroatoms. The minimum atomic E-state index is -4.92.